The Hall–Kier alpha value is -1.83. The summed E-state index contributed by atoms with van der Waals surface area (Å²) >= 11 is 0. The molecular formula is C10H11F3N2O3. The fourth-order valence-corrected chi connectivity index (χ4v) is 1.45. The molecule has 1 rings (SSSR count). The maximum absolute atomic E-state index is 12.2. The molecule has 0 saturated carbocycles. The van der Waals surface area contributed by atoms with E-state index in [1.807, 2.05) is 0 Å². The largest absolute Gasteiger partial charge is 0.573 e. The molecule has 0 bridgehead atoms. The standard InChI is InChI=1S/C10H11F3N2O3/c1-5-2-6(4-14)9(18-10(11,12)13)7(15-5)3-8(16)17/h2H,3-4,14H2,1H3,(H,16,17). The number of carbonyl (C=O) groups is 1. The van der Waals surface area contributed by atoms with E-state index >= 15 is 0 Å². The first-order valence-corrected chi connectivity index (χ1v) is 4.90. The van der Waals surface area contributed by atoms with Crippen LogP contribution in [0.5, 0.6) is 5.75 Å². The molecule has 0 unspecified atom stereocenters. The molecule has 100 valence electrons. The number of hydrogen-bond donors (Lipinski definition) is 2. The zero-order valence-corrected chi connectivity index (χ0v) is 9.41. The second-order valence-electron chi connectivity index (χ2n) is 3.52. The van der Waals surface area contributed by atoms with Crippen LogP contribution in [0.2, 0.25) is 0 Å². The Morgan fingerprint density at radius 2 is 2.17 bits per heavy atom. The number of carboxylic acids is 1. The molecule has 0 aliphatic heterocycles. The van der Waals surface area contributed by atoms with Crippen molar-refractivity contribution in [2.75, 3.05) is 0 Å². The normalized spacial score (nSPS) is 11.4. The summed E-state index contributed by atoms with van der Waals surface area (Å²) < 4.78 is 40.5. The highest BCUT2D eigenvalue weighted by Gasteiger charge is 2.34. The second kappa shape index (κ2) is 5.21. The van der Waals surface area contributed by atoms with Crippen LogP contribution < -0.4 is 10.5 Å². The van der Waals surface area contributed by atoms with E-state index in [0.717, 1.165) is 0 Å². The van der Waals surface area contributed by atoms with Crippen molar-refractivity contribution in [2.45, 2.75) is 26.3 Å². The molecule has 0 saturated heterocycles. The van der Waals surface area contributed by atoms with Gasteiger partial charge in [0.25, 0.3) is 0 Å². The number of ether oxygens (including phenoxy) is 1. The number of pyridine rings is 1. The predicted octanol–water partition coefficient (Wildman–Crippen LogP) is 1.37. The molecule has 8 heteroatoms. The number of nitrogens with zero attached hydrogens (tertiary/aromatic N) is 1. The SMILES string of the molecule is Cc1cc(CN)c(OC(F)(F)F)c(CC(=O)O)n1. The lowest BCUT2D eigenvalue weighted by Crippen LogP contribution is -2.21. The van der Waals surface area contributed by atoms with E-state index in [1.54, 1.807) is 0 Å². The van der Waals surface area contributed by atoms with Crippen molar-refractivity contribution in [3.63, 3.8) is 0 Å². The van der Waals surface area contributed by atoms with Crippen LogP contribution in [0.15, 0.2) is 6.07 Å². The highest BCUT2D eigenvalue weighted by Crippen LogP contribution is 2.30. The van der Waals surface area contributed by atoms with Gasteiger partial charge in [0.1, 0.15) is 0 Å². The lowest BCUT2D eigenvalue weighted by atomic mass is 10.1. The van der Waals surface area contributed by atoms with Gasteiger partial charge < -0.3 is 15.6 Å². The molecule has 0 atom stereocenters. The maximum atomic E-state index is 12.2. The van der Waals surface area contributed by atoms with E-state index in [4.69, 9.17) is 10.8 Å². The molecule has 3 N–H and O–H groups in total. The van der Waals surface area contributed by atoms with E-state index in [-0.39, 0.29) is 17.8 Å². The second-order valence-corrected chi connectivity index (χ2v) is 3.52. The molecule has 0 spiro atoms. The third kappa shape index (κ3) is 3.88. The molecule has 0 aromatic carbocycles. The van der Waals surface area contributed by atoms with Crippen LogP contribution in [-0.2, 0) is 17.8 Å². The average Bonchev–Trinajstić information content (AvgIpc) is 2.19. The van der Waals surface area contributed by atoms with E-state index in [1.165, 1.54) is 13.0 Å². The lowest BCUT2D eigenvalue weighted by Gasteiger charge is -2.16. The minimum atomic E-state index is -4.92. The van der Waals surface area contributed by atoms with E-state index < -0.39 is 24.5 Å². The predicted molar refractivity (Wildman–Crippen MR) is 54.9 cm³/mol. The Morgan fingerprint density at radius 1 is 1.56 bits per heavy atom. The summed E-state index contributed by atoms with van der Waals surface area (Å²) in [7, 11) is 0. The minimum Gasteiger partial charge on any atom is -0.481 e. The number of alkyl halides is 3. The molecule has 1 aromatic rings. The molecule has 0 aliphatic carbocycles. The molecule has 0 aliphatic rings. The zero-order chi connectivity index (χ0) is 13.9. The highest BCUT2D eigenvalue weighted by atomic mass is 19.4. The molecule has 0 fully saturated rings. The van der Waals surface area contributed by atoms with Gasteiger partial charge in [-0.3, -0.25) is 9.78 Å². The van der Waals surface area contributed by atoms with Crippen LogP contribution in [0, 0.1) is 6.92 Å². The molecule has 18 heavy (non-hydrogen) atoms. The first-order valence-electron chi connectivity index (χ1n) is 4.90. The van der Waals surface area contributed by atoms with Crippen molar-refractivity contribution in [3.05, 3.63) is 23.0 Å². The molecule has 0 radical (unpaired) electrons. The first-order chi connectivity index (χ1) is 8.23. The zero-order valence-electron chi connectivity index (χ0n) is 9.41. The summed E-state index contributed by atoms with van der Waals surface area (Å²) in [5.41, 5.74) is 5.47. The first kappa shape index (κ1) is 14.2. The van der Waals surface area contributed by atoms with Crippen molar-refractivity contribution in [1.29, 1.82) is 0 Å². The third-order valence-corrected chi connectivity index (χ3v) is 2.00. The number of carboxylic acid groups (broad SMARTS) is 1. The Bertz CT molecular complexity index is 460. The molecule has 1 aromatic heterocycles. The van der Waals surface area contributed by atoms with Crippen LogP contribution >= 0.6 is 0 Å². The number of hydrogen-bond acceptors (Lipinski definition) is 4. The molecule has 0 amide bonds. The van der Waals surface area contributed by atoms with E-state index in [0.29, 0.717) is 5.69 Å². The van der Waals surface area contributed by atoms with Gasteiger partial charge in [0.2, 0.25) is 0 Å². The summed E-state index contributed by atoms with van der Waals surface area (Å²) in [6.07, 6.45) is -5.59. The Labute approximate surface area is 100 Å². The van der Waals surface area contributed by atoms with Gasteiger partial charge in [-0.25, -0.2) is 0 Å². The van der Waals surface area contributed by atoms with Crippen LogP contribution in [0.3, 0.4) is 0 Å². The quantitative estimate of drug-likeness (QED) is 0.857. The maximum Gasteiger partial charge on any atom is 0.573 e. The molecule has 1 heterocycles. The summed E-state index contributed by atoms with van der Waals surface area (Å²) in [4.78, 5) is 14.3. The highest BCUT2D eigenvalue weighted by molar-refractivity contribution is 5.70. The van der Waals surface area contributed by atoms with Gasteiger partial charge in [-0.05, 0) is 13.0 Å². The third-order valence-electron chi connectivity index (χ3n) is 2.00. The topological polar surface area (TPSA) is 85.4 Å². The van der Waals surface area contributed by atoms with Crippen LogP contribution in [0.4, 0.5) is 13.2 Å². The number of aryl methyl sites for hydroxylation is 1. The summed E-state index contributed by atoms with van der Waals surface area (Å²) in [5, 5.41) is 8.64. The number of aromatic nitrogens is 1. The molecular weight excluding hydrogens is 253 g/mol. The summed E-state index contributed by atoms with van der Waals surface area (Å²) in [6, 6.07) is 1.33. The summed E-state index contributed by atoms with van der Waals surface area (Å²) in [5.74, 6) is -1.93. The Morgan fingerprint density at radius 3 is 2.61 bits per heavy atom. The number of rotatable bonds is 4. The monoisotopic (exact) mass is 264 g/mol. The van der Waals surface area contributed by atoms with Crippen molar-refractivity contribution in [1.82, 2.24) is 4.98 Å². The molecule has 5 nitrogen and oxygen atoms in total. The number of halogens is 3. The summed E-state index contributed by atoms with van der Waals surface area (Å²) in [6.45, 7) is 1.32. The van der Waals surface area contributed by atoms with Crippen LogP contribution in [0.1, 0.15) is 17.0 Å². The van der Waals surface area contributed by atoms with Gasteiger partial charge in [0.15, 0.2) is 5.75 Å². The van der Waals surface area contributed by atoms with Gasteiger partial charge in [0.05, 0.1) is 12.1 Å². The average molecular weight is 264 g/mol. The fourth-order valence-electron chi connectivity index (χ4n) is 1.45. The van der Waals surface area contributed by atoms with Crippen molar-refractivity contribution >= 4 is 5.97 Å². The van der Waals surface area contributed by atoms with Crippen LogP contribution in [-0.4, -0.2) is 22.4 Å². The van der Waals surface area contributed by atoms with Gasteiger partial charge >= 0.3 is 12.3 Å². The lowest BCUT2D eigenvalue weighted by molar-refractivity contribution is -0.275. The number of nitrogens with two attached hydrogens (primary N) is 1. The smallest absolute Gasteiger partial charge is 0.481 e. The fraction of sp³-hybridized carbons (Fsp3) is 0.400. The van der Waals surface area contributed by atoms with Crippen molar-refractivity contribution in [3.8, 4) is 5.75 Å². The van der Waals surface area contributed by atoms with Crippen molar-refractivity contribution < 1.29 is 27.8 Å². The Balaban J connectivity index is 3.28. The van der Waals surface area contributed by atoms with Gasteiger partial charge in [0, 0.05) is 17.8 Å². The van der Waals surface area contributed by atoms with Gasteiger partial charge in [-0.1, -0.05) is 0 Å². The van der Waals surface area contributed by atoms with Crippen molar-refractivity contribution in [2.24, 2.45) is 5.73 Å². The Kier molecular flexibility index (Phi) is 4.12. The van der Waals surface area contributed by atoms with Gasteiger partial charge in [-0.2, -0.15) is 0 Å². The minimum absolute atomic E-state index is 0.0658. The van der Waals surface area contributed by atoms with E-state index in [9.17, 15) is 18.0 Å². The van der Waals surface area contributed by atoms with Crippen LogP contribution in [0.25, 0.3) is 0 Å². The number of aliphatic carboxylic acids is 1. The van der Waals surface area contributed by atoms with Gasteiger partial charge in [-0.15, -0.1) is 13.2 Å². The van der Waals surface area contributed by atoms with E-state index in [2.05, 4.69) is 9.72 Å².